The molecule has 5 heteroatoms. The number of nitrogens with one attached hydrogen (secondary N) is 1. The van der Waals surface area contributed by atoms with Crippen molar-refractivity contribution in [2.45, 2.75) is 19.6 Å². The van der Waals surface area contributed by atoms with Crippen molar-refractivity contribution in [3.63, 3.8) is 0 Å². The smallest absolute Gasteiger partial charge is 0.127 e. The number of nitrogens with zero attached hydrogens (tertiary/aromatic N) is 2. The molecule has 4 aromatic rings. The van der Waals surface area contributed by atoms with Crippen LogP contribution in [0.5, 0.6) is 0 Å². The molecule has 0 fully saturated rings. The number of hydrogen-bond acceptors (Lipinski definition) is 3. The van der Waals surface area contributed by atoms with E-state index in [1.807, 2.05) is 55.5 Å². The molecule has 0 bridgehead atoms. The van der Waals surface area contributed by atoms with Gasteiger partial charge in [0.05, 0.1) is 17.6 Å². The predicted molar refractivity (Wildman–Crippen MR) is 117 cm³/mol. The Morgan fingerprint density at radius 2 is 1.77 bits per heavy atom. The van der Waals surface area contributed by atoms with Gasteiger partial charge in [-0.3, -0.25) is 0 Å². The number of halogens is 1. The van der Waals surface area contributed by atoms with Crippen LogP contribution in [0, 0.1) is 5.82 Å². The van der Waals surface area contributed by atoms with Crippen LogP contribution in [0.2, 0.25) is 0 Å². The van der Waals surface area contributed by atoms with Gasteiger partial charge in [0.2, 0.25) is 0 Å². The van der Waals surface area contributed by atoms with E-state index in [9.17, 15) is 4.39 Å². The van der Waals surface area contributed by atoms with E-state index in [1.54, 1.807) is 0 Å². The van der Waals surface area contributed by atoms with Crippen molar-refractivity contribution in [3.05, 3.63) is 102 Å². The molecule has 0 spiro atoms. The van der Waals surface area contributed by atoms with Crippen LogP contribution in [0.1, 0.15) is 30.0 Å². The van der Waals surface area contributed by atoms with E-state index in [1.165, 1.54) is 12.1 Å². The first-order chi connectivity index (χ1) is 14.7. The third-order valence-corrected chi connectivity index (χ3v) is 5.37. The molecular weight excluding hydrogens is 377 g/mol. The molecule has 1 N–H and O–H groups in total. The quantitative estimate of drug-likeness (QED) is 0.458. The lowest BCUT2D eigenvalue weighted by Gasteiger charge is -2.35. The Kier molecular flexibility index (Phi) is 4.81. The minimum atomic E-state index is -0.249. The molecule has 0 aliphatic carbocycles. The molecule has 30 heavy (non-hydrogen) atoms. The monoisotopic (exact) mass is 399 g/mol. The Balaban J connectivity index is 1.62. The molecule has 5 rings (SSSR count). The second-order valence-corrected chi connectivity index (χ2v) is 7.28. The van der Waals surface area contributed by atoms with Crippen LogP contribution < -0.4 is 4.90 Å². The van der Waals surface area contributed by atoms with Gasteiger partial charge in [0.1, 0.15) is 17.7 Å². The molecule has 0 radical (unpaired) electrons. The molecule has 0 saturated carbocycles. The molecule has 2 heterocycles. The Bertz CT molecular complexity index is 1180. The Labute approximate surface area is 174 Å². The largest absolute Gasteiger partial charge is 0.370 e. The highest BCUT2D eigenvalue weighted by Gasteiger charge is 2.28. The summed E-state index contributed by atoms with van der Waals surface area (Å²) in [6.45, 7) is 3.16. The molecule has 4 nitrogen and oxygen atoms in total. The van der Waals surface area contributed by atoms with Crippen LogP contribution >= 0.6 is 0 Å². The van der Waals surface area contributed by atoms with Gasteiger partial charge in [0.15, 0.2) is 0 Å². The van der Waals surface area contributed by atoms with Gasteiger partial charge < -0.3 is 14.6 Å². The van der Waals surface area contributed by atoms with Gasteiger partial charge in [0.25, 0.3) is 0 Å². The van der Waals surface area contributed by atoms with Gasteiger partial charge >= 0.3 is 0 Å². The first-order valence-corrected chi connectivity index (χ1v) is 10.1. The number of hydrogen-bond donors (Lipinski definition) is 1. The molecule has 150 valence electrons. The minimum Gasteiger partial charge on any atom is -0.370 e. The van der Waals surface area contributed by atoms with E-state index >= 15 is 0 Å². The molecule has 0 amide bonds. The highest BCUT2D eigenvalue weighted by molar-refractivity contribution is 5.84. The molecule has 1 aliphatic heterocycles. The maximum absolute atomic E-state index is 13.6. The molecule has 0 saturated heterocycles. The van der Waals surface area contributed by atoms with Crippen LogP contribution in [-0.2, 0) is 11.3 Å². The molecule has 1 aromatic heterocycles. The maximum Gasteiger partial charge on any atom is 0.127 e. The summed E-state index contributed by atoms with van der Waals surface area (Å²) < 4.78 is 19.6. The van der Waals surface area contributed by atoms with E-state index in [0.29, 0.717) is 13.2 Å². The van der Waals surface area contributed by atoms with E-state index in [2.05, 4.69) is 28.1 Å². The number of H-pyrrole nitrogens is 1. The molecule has 3 aromatic carbocycles. The minimum absolute atomic E-state index is 0.154. The lowest BCUT2D eigenvalue weighted by Crippen LogP contribution is -2.27. The van der Waals surface area contributed by atoms with Gasteiger partial charge in [-0.2, -0.15) is 0 Å². The van der Waals surface area contributed by atoms with Crippen LogP contribution in [0.4, 0.5) is 10.1 Å². The summed E-state index contributed by atoms with van der Waals surface area (Å²) in [6, 6.07) is 22.9. The number of para-hydroxylation sites is 3. The fourth-order valence-electron chi connectivity index (χ4n) is 4.02. The number of rotatable bonds is 5. The topological polar surface area (TPSA) is 41.1 Å². The maximum atomic E-state index is 13.6. The molecular formula is C25H22FN3O. The average Bonchev–Trinajstić information content (AvgIpc) is 3.18. The van der Waals surface area contributed by atoms with E-state index in [-0.39, 0.29) is 11.9 Å². The Morgan fingerprint density at radius 3 is 2.57 bits per heavy atom. The predicted octanol–water partition coefficient (Wildman–Crippen LogP) is 5.84. The highest BCUT2D eigenvalue weighted by atomic mass is 19.1. The fraction of sp³-hybridized carbons (Fsp3) is 0.160. The van der Waals surface area contributed by atoms with Crippen molar-refractivity contribution < 1.29 is 9.13 Å². The van der Waals surface area contributed by atoms with E-state index in [0.717, 1.165) is 39.4 Å². The first kappa shape index (κ1) is 18.6. The lowest BCUT2D eigenvalue weighted by atomic mass is 9.96. The Hall–Kier alpha value is -3.44. The van der Waals surface area contributed by atoms with Crippen molar-refractivity contribution in [3.8, 4) is 0 Å². The number of benzene rings is 3. The van der Waals surface area contributed by atoms with Gasteiger partial charge in [-0.15, -0.1) is 0 Å². The number of fused-ring (bicyclic) bond motifs is 2. The van der Waals surface area contributed by atoms with Crippen molar-refractivity contribution in [1.82, 2.24) is 9.97 Å². The van der Waals surface area contributed by atoms with Gasteiger partial charge in [-0.05, 0) is 61.0 Å². The normalized spacial score (nSPS) is 15.9. The number of aromatic nitrogens is 2. The summed E-state index contributed by atoms with van der Waals surface area (Å²) in [7, 11) is 0. The number of ether oxygens (including phenoxy) is 1. The lowest BCUT2D eigenvalue weighted by molar-refractivity contribution is 0.0964. The number of aromatic amines is 1. The number of anilines is 1. The third-order valence-electron chi connectivity index (χ3n) is 5.37. The zero-order chi connectivity index (χ0) is 20.5. The van der Waals surface area contributed by atoms with Crippen LogP contribution in [-0.4, -0.2) is 16.6 Å². The highest BCUT2D eigenvalue weighted by Crippen LogP contribution is 2.41. The second-order valence-electron chi connectivity index (χ2n) is 7.28. The summed E-state index contributed by atoms with van der Waals surface area (Å²) in [4.78, 5) is 10.4. The van der Waals surface area contributed by atoms with Gasteiger partial charge in [0, 0.05) is 23.6 Å². The standard InChI is InChI=1S/C25H22FN3O/c1-2-30-24-15-23(17-11-13-18(26)14-12-17)29(22-10-6-3-7-19(22)24)16-25-27-20-8-4-5-9-21(20)28-25/h3-15,24H,2,16H2,1H3,(H,27,28). The molecule has 1 aliphatic rings. The second kappa shape index (κ2) is 7.76. The zero-order valence-corrected chi connectivity index (χ0v) is 16.7. The molecule has 1 unspecified atom stereocenters. The van der Waals surface area contributed by atoms with Crippen molar-refractivity contribution in [1.29, 1.82) is 0 Å². The van der Waals surface area contributed by atoms with E-state index in [4.69, 9.17) is 9.72 Å². The number of imidazole rings is 1. The van der Waals surface area contributed by atoms with Crippen LogP contribution in [0.15, 0.2) is 78.9 Å². The summed E-state index contributed by atoms with van der Waals surface area (Å²) in [5.41, 5.74) is 6.05. The summed E-state index contributed by atoms with van der Waals surface area (Å²) >= 11 is 0. The van der Waals surface area contributed by atoms with Crippen LogP contribution in [0.3, 0.4) is 0 Å². The van der Waals surface area contributed by atoms with Crippen molar-refractivity contribution in [2.75, 3.05) is 11.5 Å². The van der Waals surface area contributed by atoms with Crippen molar-refractivity contribution >= 4 is 22.4 Å². The van der Waals surface area contributed by atoms with Gasteiger partial charge in [-0.25, -0.2) is 9.37 Å². The SMILES string of the molecule is CCOC1C=C(c2ccc(F)cc2)N(Cc2nc3ccccc3[nH]2)c2ccccc21. The van der Waals surface area contributed by atoms with Crippen molar-refractivity contribution in [2.24, 2.45) is 0 Å². The van der Waals surface area contributed by atoms with Gasteiger partial charge in [-0.1, -0.05) is 30.3 Å². The summed E-state index contributed by atoms with van der Waals surface area (Å²) in [6.07, 6.45) is 1.96. The third kappa shape index (κ3) is 3.37. The first-order valence-electron chi connectivity index (χ1n) is 10.1. The average molecular weight is 399 g/mol. The zero-order valence-electron chi connectivity index (χ0n) is 16.7. The summed E-state index contributed by atoms with van der Waals surface area (Å²) in [5, 5.41) is 0. The Morgan fingerprint density at radius 1 is 1.00 bits per heavy atom. The van der Waals surface area contributed by atoms with Crippen LogP contribution in [0.25, 0.3) is 16.7 Å². The summed E-state index contributed by atoms with van der Waals surface area (Å²) in [5.74, 6) is 0.620. The fourth-order valence-corrected chi connectivity index (χ4v) is 4.02. The van der Waals surface area contributed by atoms with E-state index < -0.39 is 0 Å². The molecule has 1 atom stereocenters.